The van der Waals surface area contributed by atoms with Crippen LogP contribution in [0.2, 0.25) is 0 Å². The van der Waals surface area contributed by atoms with Crippen molar-refractivity contribution >= 4 is 5.78 Å². The number of carbonyl (C=O) groups excluding carboxylic acids is 1. The maximum atomic E-state index is 12.6. The molecule has 136 valence electrons. The van der Waals surface area contributed by atoms with Crippen molar-refractivity contribution in [3.05, 3.63) is 0 Å². The monoisotopic (exact) mass is 331 g/mol. The molecule has 1 fully saturated rings. The number of nitrogens with one attached hydrogen (secondary N) is 1. The van der Waals surface area contributed by atoms with E-state index in [-0.39, 0.29) is 11.3 Å². The molecule has 1 saturated heterocycles. The van der Waals surface area contributed by atoms with E-state index < -0.39 is 35.9 Å². The minimum atomic E-state index is -1.42. The SMILES string of the molecule is CCC(C)(C)NCC1OC(C(=O)C(C)(C)CC)C(O)C(O)C1O. The number of hydrogen-bond acceptors (Lipinski definition) is 6. The molecule has 0 aromatic carbocycles. The summed E-state index contributed by atoms with van der Waals surface area (Å²) >= 11 is 0. The minimum absolute atomic E-state index is 0.147. The highest BCUT2D eigenvalue weighted by Crippen LogP contribution is 2.30. The number of ether oxygens (including phenoxy) is 1. The Morgan fingerprint density at radius 3 is 2.04 bits per heavy atom. The normalized spacial score (nSPS) is 32.8. The van der Waals surface area contributed by atoms with Crippen molar-refractivity contribution in [2.24, 2.45) is 5.41 Å². The predicted octanol–water partition coefficient (Wildman–Crippen LogP) is 0.620. The van der Waals surface area contributed by atoms with E-state index in [2.05, 4.69) is 5.32 Å². The van der Waals surface area contributed by atoms with Crippen LogP contribution in [0, 0.1) is 5.41 Å². The minimum Gasteiger partial charge on any atom is -0.388 e. The third kappa shape index (κ3) is 4.73. The lowest BCUT2D eigenvalue weighted by Gasteiger charge is -2.43. The van der Waals surface area contributed by atoms with Gasteiger partial charge in [0.05, 0.1) is 6.10 Å². The summed E-state index contributed by atoms with van der Waals surface area (Å²) in [5, 5.41) is 33.7. The van der Waals surface area contributed by atoms with E-state index in [1.165, 1.54) is 0 Å². The Morgan fingerprint density at radius 1 is 1.00 bits per heavy atom. The highest BCUT2D eigenvalue weighted by atomic mass is 16.5. The first kappa shape index (κ1) is 20.5. The summed E-state index contributed by atoms with van der Waals surface area (Å²) in [6, 6.07) is 0. The van der Waals surface area contributed by atoms with Crippen LogP contribution in [-0.4, -0.2) is 63.7 Å². The average Bonchev–Trinajstić information content (AvgIpc) is 2.51. The van der Waals surface area contributed by atoms with Crippen molar-refractivity contribution in [1.82, 2.24) is 5.32 Å². The number of aliphatic hydroxyl groups excluding tert-OH is 3. The Bertz CT molecular complexity index is 410. The summed E-state index contributed by atoms with van der Waals surface area (Å²) in [7, 11) is 0. The molecule has 1 aliphatic heterocycles. The molecule has 0 bridgehead atoms. The molecule has 5 atom stereocenters. The number of carbonyl (C=O) groups is 1. The summed E-state index contributed by atoms with van der Waals surface area (Å²) in [4.78, 5) is 12.6. The van der Waals surface area contributed by atoms with E-state index in [0.717, 1.165) is 6.42 Å². The average molecular weight is 331 g/mol. The summed E-state index contributed by atoms with van der Waals surface area (Å²) in [5.74, 6) is -0.252. The highest BCUT2D eigenvalue weighted by molar-refractivity contribution is 5.89. The molecule has 5 unspecified atom stereocenters. The summed E-state index contributed by atoms with van der Waals surface area (Å²) in [6.45, 7) is 11.8. The Balaban J connectivity index is 2.88. The molecule has 0 aliphatic carbocycles. The molecule has 0 spiro atoms. The zero-order chi connectivity index (χ0) is 18.0. The van der Waals surface area contributed by atoms with Gasteiger partial charge >= 0.3 is 0 Å². The van der Waals surface area contributed by atoms with E-state index >= 15 is 0 Å². The van der Waals surface area contributed by atoms with Crippen LogP contribution in [0.1, 0.15) is 54.4 Å². The molecule has 6 heteroatoms. The van der Waals surface area contributed by atoms with Gasteiger partial charge in [-0.05, 0) is 26.7 Å². The molecular weight excluding hydrogens is 298 g/mol. The molecule has 0 aromatic rings. The summed E-state index contributed by atoms with van der Waals surface area (Å²) in [6.07, 6.45) is -4.45. The summed E-state index contributed by atoms with van der Waals surface area (Å²) < 4.78 is 5.70. The first-order chi connectivity index (χ1) is 10.5. The van der Waals surface area contributed by atoms with E-state index in [9.17, 15) is 20.1 Å². The van der Waals surface area contributed by atoms with Crippen LogP contribution in [0.3, 0.4) is 0 Å². The number of rotatable bonds is 7. The Hall–Kier alpha value is -0.530. The van der Waals surface area contributed by atoms with Gasteiger partial charge in [0.2, 0.25) is 0 Å². The maximum Gasteiger partial charge on any atom is 0.169 e. The van der Waals surface area contributed by atoms with Crippen LogP contribution in [0.5, 0.6) is 0 Å². The first-order valence-corrected chi connectivity index (χ1v) is 8.46. The van der Waals surface area contributed by atoms with E-state index in [1.54, 1.807) is 13.8 Å². The lowest BCUT2D eigenvalue weighted by Crippen LogP contribution is -2.63. The van der Waals surface area contributed by atoms with Crippen LogP contribution in [-0.2, 0) is 9.53 Å². The number of ketones is 1. The fourth-order valence-corrected chi connectivity index (χ4v) is 2.40. The number of hydrogen-bond donors (Lipinski definition) is 4. The lowest BCUT2D eigenvalue weighted by atomic mass is 9.79. The van der Waals surface area contributed by atoms with E-state index in [0.29, 0.717) is 13.0 Å². The molecule has 1 aliphatic rings. The number of aliphatic hydroxyl groups is 3. The molecule has 0 radical (unpaired) electrons. The second-order valence-electron chi connectivity index (χ2n) is 7.79. The molecule has 0 amide bonds. The largest absolute Gasteiger partial charge is 0.388 e. The smallest absolute Gasteiger partial charge is 0.169 e. The Labute approximate surface area is 139 Å². The molecule has 23 heavy (non-hydrogen) atoms. The van der Waals surface area contributed by atoms with Crippen LogP contribution in [0.4, 0.5) is 0 Å². The molecule has 6 nitrogen and oxygen atoms in total. The third-order valence-electron chi connectivity index (χ3n) is 5.19. The highest BCUT2D eigenvalue weighted by Gasteiger charge is 2.49. The zero-order valence-corrected chi connectivity index (χ0v) is 15.2. The molecule has 0 saturated carbocycles. The van der Waals surface area contributed by atoms with Crippen LogP contribution >= 0.6 is 0 Å². The van der Waals surface area contributed by atoms with Crippen molar-refractivity contribution in [3.8, 4) is 0 Å². The van der Waals surface area contributed by atoms with Gasteiger partial charge in [0.1, 0.15) is 24.4 Å². The quantitative estimate of drug-likeness (QED) is 0.546. The van der Waals surface area contributed by atoms with E-state index in [1.807, 2.05) is 27.7 Å². The van der Waals surface area contributed by atoms with Crippen molar-refractivity contribution in [1.29, 1.82) is 0 Å². The van der Waals surface area contributed by atoms with Gasteiger partial charge in [-0.25, -0.2) is 0 Å². The maximum absolute atomic E-state index is 12.6. The standard InChI is InChI=1S/C17H33NO5/c1-7-16(3,4)15(22)14-13(21)12(20)11(19)10(23-14)9-18-17(5,6)8-2/h10-14,18-21H,7-9H2,1-6H3. The predicted molar refractivity (Wildman–Crippen MR) is 88.1 cm³/mol. The van der Waals surface area contributed by atoms with Gasteiger partial charge in [0, 0.05) is 17.5 Å². The van der Waals surface area contributed by atoms with Crippen LogP contribution < -0.4 is 5.32 Å². The third-order valence-corrected chi connectivity index (χ3v) is 5.19. The van der Waals surface area contributed by atoms with Crippen molar-refractivity contribution < 1.29 is 24.9 Å². The van der Waals surface area contributed by atoms with Crippen molar-refractivity contribution in [2.45, 2.75) is 90.4 Å². The topological polar surface area (TPSA) is 99.0 Å². The lowest BCUT2D eigenvalue weighted by molar-refractivity contribution is -0.222. The second-order valence-corrected chi connectivity index (χ2v) is 7.79. The van der Waals surface area contributed by atoms with Gasteiger partial charge in [-0.1, -0.05) is 27.7 Å². The van der Waals surface area contributed by atoms with Crippen LogP contribution in [0.15, 0.2) is 0 Å². The molecular formula is C17H33NO5. The van der Waals surface area contributed by atoms with Gasteiger partial charge in [0.25, 0.3) is 0 Å². The van der Waals surface area contributed by atoms with Gasteiger partial charge < -0.3 is 25.4 Å². The molecule has 1 rings (SSSR count). The summed E-state index contributed by atoms with van der Waals surface area (Å²) in [5.41, 5.74) is -0.805. The molecule has 4 N–H and O–H groups in total. The van der Waals surface area contributed by atoms with Gasteiger partial charge in [0.15, 0.2) is 5.78 Å². The van der Waals surface area contributed by atoms with Crippen LogP contribution in [0.25, 0.3) is 0 Å². The fraction of sp³-hybridized carbons (Fsp3) is 0.941. The van der Waals surface area contributed by atoms with Gasteiger partial charge in [-0.2, -0.15) is 0 Å². The Morgan fingerprint density at radius 2 is 1.57 bits per heavy atom. The molecule has 1 heterocycles. The first-order valence-electron chi connectivity index (χ1n) is 8.46. The fourth-order valence-electron chi connectivity index (χ4n) is 2.40. The van der Waals surface area contributed by atoms with Gasteiger partial charge in [-0.15, -0.1) is 0 Å². The van der Waals surface area contributed by atoms with Crippen molar-refractivity contribution in [3.63, 3.8) is 0 Å². The van der Waals surface area contributed by atoms with Gasteiger partial charge in [-0.3, -0.25) is 4.79 Å². The number of Topliss-reactive ketones (excluding diaryl/α,β-unsaturated/α-hetero) is 1. The van der Waals surface area contributed by atoms with E-state index in [4.69, 9.17) is 4.74 Å². The Kier molecular flexibility index (Phi) is 6.75. The second kappa shape index (κ2) is 7.57. The van der Waals surface area contributed by atoms with Crippen molar-refractivity contribution in [2.75, 3.05) is 6.54 Å². The molecule has 0 aromatic heterocycles. The zero-order valence-electron chi connectivity index (χ0n) is 15.2.